The molecule has 15 atom stereocenters. The molecular weight excluding hydrogens is 1180 g/mol. The third-order valence-corrected chi connectivity index (χ3v) is 14.4. The lowest BCUT2D eigenvalue weighted by molar-refractivity contribution is -0.358. The molecule has 2 N–H and O–H groups in total. The van der Waals surface area contributed by atoms with Gasteiger partial charge in [0.25, 0.3) is 0 Å². The summed E-state index contributed by atoms with van der Waals surface area (Å²) in [5.74, 6) is -9.62. The molecule has 90 heavy (non-hydrogen) atoms. The van der Waals surface area contributed by atoms with Gasteiger partial charge >= 0.3 is 47.8 Å². The summed E-state index contributed by atoms with van der Waals surface area (Å²) < 4.78 is 84.6. The van der Waals surface area contributed by atoms with Gasteiger partial charge in [-0.05, 0) is 72.8 Å². The summed E-state index contributed by atoms with van der Waals surface area (Å²) in [5.41, 5.74) is -0.179. The number of nitrogens with one attached hydrogen (secondary N) is 1. The number of esters is 8. The summed E-state index contributed by atoms with van der Waals surface area (Å²) in [6.45, 7) is 0.178. The van der Waals surface area contributed by atoms with E-state index in [4.69, 9.17) is 66.3 Å². The Kier molecular flexibility index (Phi) is 21.9. The summed E-state index contributed by atoms with van der Waals surface area (Å²) in [6.07, 6.45) is -28.5. The van der Waals surface area contributed by atoms with E-state index in [1.807, 2.05) is 0 Å². The molecule has 0 saturated carbocycles. The second kappa shape index (κ2) is 30.5. The van der Waals surface area contributed by atoms with Crippen molar-refractivity contribution >= 4 is 53.7 Å². The molecule has 0 radical (unpaired) electrons. The van der Waals surface area contributed by atoms with Gasteiger partial charge in [0.1, 0.15) is 37.1 Å². The van der Waals surface area contributed by atoms with E-state index >= 15 is 0 Å². The van der Waals surface area contributed by atoms with E-state index in [9.17, 15) is 48.3 Å². The minimum atomic E-state index is -2.28. The molecule has 3 aliphatic heterocycles. The summed E-state index contributed by atoms with van der Waals surface area (Å²) in [5, 5.41) is 15.4. The van der Waals surface area contributed by atoms with Gasteiger partial charge in [-0.1, -0.05) is 109 Å². The second-order valence-electron chi connectivity index (χ2n) is 20.2. The van der Waals surface area contributed by atoms with Gasteiger partial charge in [-0.25, -0.2) is 38.4 Å². The summed E-state index contributed by atoms with van der Waals surface area (Å²) >= 11 is 0. The van der Waals surface area contributed by atoms with Crippen LogP contribution in [0.2, 0.25) is 0 Å². The molecule has 0 spiro atoms. The van der Waals surface area contributed by atoms with Crippen molar-refractivity contribution in [1.29, 1.82) is 0 Å². The number of methoxy groups -OCH3 is 3. The number of aliphatic hydroxyl groups is 1. The molecule has 6 aromatic carbocycles. The third kappa shape index (κ3) is 15.6. The SMILES string of the molecule is COC(=O)[C@H]1O[C@@H](O[C@H]2[C@@H](O)[C@@H](COC(=O)c3ccccc3)O[C@@H](O[C@H]3[C@H](OC(=O)c4ccccc4)[C@@H](OC(=O)c4ccccc4)[C@H](OC)O[C@@H]3C(=O)OC)[C@@H]2NC(C)=O)[C@H](OC(=O)c2ccccc2)[C@@H](OC(=O)c2ccccc2)[C@@H]1OC(=O)c1ccccc1. The molecule has 3 fully saturated rings. The molecule has 3 saturated heterocycles. The fourth-order valence-corrected chi connectivity index (χ4v) is 10.0. The largest absolute Gasteiger partial charge is 0.467 e. The first-order valence-corrected chi connectivity index (χ1v) is 28.0. The zero-order valence-corrected chi connectivity index (χ0v) is 48.5. The van der Waals surface area contributed by atoms with E-state index in [0.717, 1.165) is 28.3 Å². The highest BCUT2D eigenvalue weighted by Crippen LogP contribution is 2.38. The average Bonchev–Trinajstić information content (AvgIpc) is 0.824. The van der Waals surface area contributed by atoms with Crippen molar-refractivity contribution in [3.63, 3.8) is 0 Å². The van der Waals surface area contributed by atoms with Crippen LogP contribution in [0.4, 0.5) is 0 Å². The van der Waals surface area contributed by atoms with Gasteiger partial charge < -0.3 is 76.7 Å². The zero-order chi connectivity index (χ0) is 63.8. The first kappa shape index (κ1) is 64.7. The highest BCUT2D eigenvalue weighted by molar-refractivity contribution is 5.93. The predicted octanol–water partition coefficient (Wildman–Crippen LogP) is 4.77. The van der Waals surface area contributed by atoms with Gasteiger partial charge in [0.05, 0.1) is 47.6 Å². The van der Waals surface area contributed by atoms with Crippen molar-refractivity contribution in [2.45, 2.75) is 99.0 Å². The topological polar surface area (TPSA) is 315 Å². The smallest absolute Gasteiger partial charge is 0.339 e. The molecule has 3 aliphatic rings. The maximum absolute atomic E-state index is 14.5. The number of carbonyl (C=O) groups excluding carboxylic acids is 9. The predicted molar refractivity (Wildman–Crippen MR) is 305 cm³/mol. The average molecular weight is 1240 g/mol. The van der Waals surface area contributed by atoms with E-state index < -0.39 is 152 Å². The molecule has 0 aliphatic carbocycles. The van der Waals surface area contributed by atoms with Gasteiger partial charge in [-0.3, -0.25) is 4.79 Å². The second-order valence-corrected chi connectivity index (χ2v) is 20.2. The Morgan fingerprint density at radius 2 is 0.711 bits per heavy atom. The minimum absolute atomic E-state index is 0.0149. The Labute approximate surface area is 514 Å². The van der Waals surface area contributed by atoms with Gasteiger partial charge in [0.2, 0.25) is 5.91 Å². The lowest BCUT2D eigenvalue weighted by Crippen LogP contribution is -2.71. The Morgan fingerprint density at radius 3 is 1.09 bits per heavy atom. The summed E-state index contributed by atoms with van der Waals surface area (Å²) in [6, 6.07) is 43.0. The van der Waals surface area contributed by atoms with Crippen LogP contribution in [0.25, 0.3) is 0 Å². The molecule has 0 aromatic heterocycles. The maximum atomic E-state index is 14.5. The van der Waals surface area contributed by atoms with Crippen LogP contribution in [0.3, 0.4) is 0 Å². The maximum Gasteiger partial charge on any atom is 0.339 e. The highest BCUT2D eigenvalue weighted by atomic mass is 16.8. The van der Waals surface area contributed by atoms with Crippen LogP contribution in [-0.4, -0.2) is 179 Å². The molecule has 1 amide bonds. The Bertz CT molecular complexity index is 3440. The number of benzene rings is 6. The van der Waals surface area contributed by atoms with Crippen LogP contribution in [-0.2, 0) is 80.7 Å². The van der Waals surface area contributed by atoms with E-state index in [2.05, 4.69) is 5.32 Å². The fraction of sp³-hybridized carbons (Fsp3) is 0.308. The van der Waals surface area contributed by atoms with E-state index in [-0.39, 0.29) is 33.4 Å². The minimum Gasteiger partial charge on any atom is -0.467 e. The van der Waals surface area contributed by atoms with Crippen LogP contribution >= 0.6 is 0 Å². The van der Waals surface area contributed by atoms with Crippen LogP contribution in [0.5, 0.6) is 0 Å². The molecule has 3 heterocycles. The molecule has 25 heteroatoms. The van der Waals surface area contributed by atoms with Crippen LogP contribution < -0.4 is 5.32 Å². The Morgan fingerprint density at radius 1 is 0.389 bits per heavy atom. The van der Waals surface area contributed by atoms with Crippen molar-refractivity contribution in [2.24, 2.45) is 0 Å². The number of hydrogen-bond donors (Lipinski definition) is 2. The molecule has 0 bridgehead atoms. The van der Waals surface area contributed by atoms with E-state index in [0.29, 0.717) is 0 Å². The Balaban J connectivity index is 1.18. The van der Waals surface area contributed by atoms with Gasteiger partial charge in [-0.15, -0.1) is 0 Å². The normalized spacial score (nSPS) is 26.2. The van der Waals surface area contributed by atoms with Crippen molar-refractivity contribution in [3.05, 3.63) is 215 Å². The van der Waals surface area contributed by atoms with E-state index in [1.54, 1.807) is 60.7 Å². The molecular formula is C65H61NO24. The first-order valence-electron chi connectivity index (χ1n) is 28.0. The van der Waals surface area contributed by atoms with Gasteiger partial charge in [0.15, 0.2) is 61.6 Å². The Hall–Kier alpha value is -9.73. The lowest BCUT2D eigenvalue weighted by atomic mass is 9.93. The molecule has 470 valence electrons. The monoisotopic (exact) mass is 1240 g/mol. The summed E-state index contributed by atoms with van der Waals surface area (Å²) in [4.78, 5) is 127. The number of ether oxygens (including phenoxy) is 14. The standard InChI is InChI=1S/C65H61NO24/c1-36(67)66-44-46(87-65-54(86-60(74)42-33-21-10-22-34-42)49(83-57(71)39-27-15-7-16-28-39)47(51(90-65)61(75)77-2)82-56(70)38-25-13-6-14-26-38)45(68)43(35-80-55(69)37-23-11-5-12-24-37)81-63(44)88-48-50(84-58(72)40-29-17-8-18-30-40)53(64(79-4)89-52(48)62(76)78-3)85-59(73)41-31-19-9-20-32-41/h5-34,43-54,63-65,68H,35H2,1-4H3,(H,66,67)/t43-,44-,45+,46-,47+,48+,49+,50+,51+,52+,53-,54-,63+,64-,65-/m1/s1. The van der Waals surface area contributed by atoms with Crippen molar-refractivity contribution < 1.29 is 115 Å². The highest BCUT2D eigenvalue weighted by Gasteiger charge is 2.61. The first-order chi connectivity index (χ1) is 43.6. The van der Waals surface area contributed by atoms with E-state index in [1.165, 1.54) is 121 Å². The van der Waals surface area contributed by atoms with Gasteiger partial charge in [-0.2, -0.15) is 0 Å². The van der Waals surface area contributed by atoms with Crippen LogP contribution in [0, 0.1) is 0 Å². The van der Waals surface area contributed by atoms with Gasteiger partial charge in [0, 0.05) is 14.0 Å². The molecule has 9 rings (SSSR count). The third-order valence-electron chi connectivity index (χ3n) is 14.4. The summed E-state index contributed by atoms with van der Waals surface area (Å²) in [7, 11) is 3.11. The quantitative estimate of drug-likeness (QED) is 0.0724. The number of hydrogen-bond acceptors (Lipinski definition) is 24. The number of rotatable bonds is 21. The fourth-order valence-electron chi connectivity index (χ4n) is 10.0. The van der Waals surface area contributed by atoms with Crippen LogP contribution in [0.1, 0.15) is 69.1 Å². The lowest BCUT2D eigenvalue weighted by Gasteiger charge is -2.50. The van der Waals surface area contributed by atoms with Crippen molar-refractivity contribution in [3.8, 4) is 0 Å². The molecule has 0 unspecified atom stereocenters. The number of aliphatic hydroxyl groups excluding tert-OH is 1. The molecule has 6 aromatic rings. The molecule has 25 nitrogen and oxygen atoms in total. The number of amides is 1. The van der Waals surface area contributed by atoms with Crippen molar-refractivity contribution in [1.82, 2.24) is 5.32 Å². The van der Waals surface area contributed by atoms with Crippen molar-refractivity contribution in [2.75, 3.05) is 27.9 Å². The zero-order valence-electron chi connectivity index (χ0n) is 48.5. The van der Waals surface area contributed by atoms with Crippen LogP contribution in [0.15, 0.2) is 182 Å². The number of carbonyl (C=O) groups is 9.